The fraction of sp³-hybridized carbons (Fsp3) is 0.320. The van der Waals surface area contributed by atoms with E-state index in [-0.39, 0.29) is 17.7 Å². The third kappa shape index (κ3) is 3.86. The summed E-state index contributed by atoms with van der Waals surface area (Å²) in [7, 11) is 0. The molecule has 7 nitrogen and oxygen atoms in total. The molecule has 2 aromatic heterocycles. The number of nitrogens with one attached hydrogen (secondary N) is 1. The largest absolute Gasteiger partial charge is 0.488 e. The van der Waals surface area contributed by atoms with Gasteiger partial charge in [0.05, 0.1) is 17.6 Å². The molecule has 3 heterocycles. The third-order valence-electron chi connectivity index (χ3n) is 6.03. The second kappa shape index (κ2) is 8.03. The van der Waals surface area contributed by atoms with E-state index in [2.05, 4.69) is 38.7 Å². The first-order valence-electron chi connectivity index (χ1n) is 11.1. The summed E-state index contributed by atoms with van der Waals surface area (Å²) in [6.45, 7) is 9.46. The Morgan fingerprint density at radius 2 is 1.91 bits per heavy atom. The maximum Gasteiger partial charge on any atom is 0.222 e. The molecule has 0 fully saturated rings. The number of rotatable bonds is 3. The van der Waals surface area contributed by atoms with E-state index >= 15 is 4.39 Å². The molecular weight excluding hydrogens is 419 g/mol. The highest BCUT2D eigenvalue weighted by molar-refractivity contribution is 5.82. The lowest BCUT2D eigenvalue weighted by molar-refractivity contribution is 0.314. The standard InChI is InChI=1S/C25H27FN6O/c1-13(2)22-14(3)28-25(27)31-24(22)32-7-8-33-23-18(12-32)9-17(10-19(23)26)16-5-6-20-21(11-16)30-15(4)29-20/h5-6,9-11,13H,7-8,12H2,1-4H3,(H,29,30)(H2,27,28,31). The van der Waals surface area contributed by atoms with E-state index in [9.17, 15) is 0 Å². The van der Waals surface area contributed by atoms with Gasteiger partial charge in [0.2, 0.25) is 5.95 Å². The first kappa shape index (κ1) is 21.2. The number of imidazole rings is 1. The number of hydrogen-bond acceptors (Lipinski definition) is 6. The molecule has 33 heavy (non-hydrogen) atoms. The molecule has 3 N–H and O–H groups in total. The number of aromatic nitrogens is 4. The Hall–Kier alpha value is -3.68. The number of ether oxygens (including phenoxy) is 1. The lowest BCUT2D eigenvalue weighted by atomic mass is 10.00. The van der Waals surface area contributed by atoms with Crippen molar-refractivity contribution in [2.45, 2.75) is 40.2 Å². The maximum atomic E-state index is 15.2. The summed E-state index contributed by atoms with van der Waals surface area (Å²) in [5.74, 6) is 2.01. The van der Waals surface area contributed by atoms with Crippen molar-refractivity contribution in [2.75, 3.05) is 23.8 Å². The van der Waals surface area contributed by atoms with Crippen molar-refractivity contribution in [1.29, 1.82) is 0 Å². The highest BCUT2D eigenvalue weighted by atomic mass is 19.1. The van der Waals surface area contributed by atoms with E-state index in [0.29, 0.717) is 25.4 Å². The molecule has 0 amide bonds. The molecule has 0 spiro atoms. The topological polar surface area (TPSA) is 93.0 Å². The van der Waals surface area contributed by atoms with Gasteiger partial charge in [0.25, 0.3) is 0 Å². The van der Waals surface area contributed by atoms with Crippen LogP contribution >= 0.6 is 0 Å². The summed E-state index contributed by atoms with van der Waals surface area (Å²) < 4.78 is 21.0. The van der Waals surface area contributed by atoms with Crippen molar-refractivity contribution in [3.05, 3.63) is 58.8 Å². The third-order valence-corrected chi connectivity index (χ3v) is 6.03. The molecule has 8 heteroatoms. The zero-order chi connectivity index (χ0) is 23.3. The highest BCUT2D eigenvalue weighted by Crippen LogP contribution is 2.36. The van der Waals surface area contributed by atoms with Crippen molar-refractivity contribution < 1.29 is 9.13 Å². The fourth-order valence-electron chi connectivity index (χ4n) is 4.64. The average Bonchev–Trinajstić information content (AvgIpc) is 2.98. The molecule has 5 rings (SSSR count). The van der Waals surface area contributed by atoms with Crippen LogP contribution in [0.25, 0.3) is 22.2 Å². The van der Waals surface area contributed by atoms with Gasteiger partial charge in [-0.3, -0.25) is 0 Å². The quantitative estimate of drug-likeness (QED) is 0.466. The van der Waals surface area contributed by atoms with E-state index in [1.54, 1.807) is 0 Å². The van der Waals surface area contributed by atoms with Crippen molar-refractivity contribution >= 4 is 22.8 Å². The first-order valence-corrected chi connectivity index (χ1v) is 11.1. The second-order valence-corrected chi connectivity index (χ2v) is 8.83. The maximum absolute atomic E-state index is 15.2. The highest BCUT2D eigenvalue weighted by Gasteiger charge is 2.25. The number of fused-ring (bicyclic) bond motifs is 2. The van der Waals surface area contributed by atoms with Crippen molar-refractivity contribution in [1.82, 2.24) is 19.9 Å². The number of aryl methyl sites for hydroxylation is 2. The van der Waals surface area contributed by atoms with Gasteiger partial charge in [-0.1, -0.05) is 19.9 Å². The van der Waals surface area contributed by atoms with Crippen LogP contribution in [0.15, 0.2) is 30.3 Å². The SMILES string of the molecule is Cc1nc2ccc(-c3cc(F)c4c(c3)CN(c3nc(N)nc(C)c3C(C)C)CCO4)cc2[nH]1. The molecule has 0 aliphatic carbocycles. The van der Waals surface area contributed by atoms with Crippen molar-refractivity contribution in [3.8, 4) is 16.9 Å². The molecule has 2 aromatic carbocycles. The van der Waals surface area contributed by atoms with Crippen LogP contribution in [-0.2, 0) is 6.54 Å². The molecule has 0 bridgehead atoms. The number of H-pyrrole nitrogens is 1. The predicted octanol–water partition coefficient (Wildman–Crippen LogP) is 4.88. The summed E-state index contributed by atoms with van der Waals surface area (Å²) >= 11 is 0. The Balaban J connectivity index is 1.58. The Kier molecular flexibility index (Phi) is 5.15. The van der Waals surface area contributed by atoms with Gasteiger partial charge in [-0.25, -0.2) is 14.4 Å². The number of benzene rings is 2. The minimum Gasteiger partial charge on any atom is -0.488 e. The molecule has 0 saturated carbocycles. The van der Waals surface area contributed by atoms with Gasteiger partial charge in [0, 0.05) is 23.4 Å². The van der Waals surface area contributed by atoms with Gasteiger partial charge in [0.1, 0.15) is 18.2 Å². The Labute approximate surface area is 191 Å². The Morgan fingerprint density at radius 1 is 1.09 bits per heavy atom. The number of nitrogens with two attached hydrogens (primary N) is 1. The van der Waals surface area contributed by atoms with E-state index < -0.39 is 0 Å². The van der Waals surface area contributed by atoms with Crippen molar-refractivity contribution in [2.24, 2.45) is 0 Å². The van der Waals surface area contributed by atoms with Crippen LogP contribution in [0.4, 0.5) is 16.2 Å². The van der Waals surface area contributed by atoms with Gasteiger partial charge in [0.15, 0.2) is 11.6 Å². The van der Waals surface area contributed by atoms with Crippen LogP contribution in [-0.4, -0.2) is 33.1 Å². The lowest BCUT2D eigenvalue weighted by Crippen LogP contribution is -2.28. The van der Waals surface area contributed by atoms with E-state index in [1.807, 2.05) is 38.1 Å². The summed E-state index contributed by atoms with van der Waals surface area (Å²) in [5.41, 5.74) is 12.2. The minimum absolute atomic E-state index is 0.219. The number of aromatic amines is 1. The summed E-state index contributed by atoms with van der Waals surface area (Å²) in [6.07, 6.45) is 0. The van der Waals surface area contributed by atoms with E-state index in [0.717, 1.165) is 50.6 Å². The van der Waals surface area contributed by atoms with Gasteiger partial charge < -0.3 is 20.4 Å². The molecule has 1 aliphatic heterocycles. The molecule has 1 aliphatic rings. The second-order valence-electron chi connectivity index (χ2n) is 8.83. The van der Waals surface area contributed by atoms with E-state index in [1.165, 1.54) is 6.07 Å². The number of hydrogen-bond donors (Lipinski definition) is 2. The summed E-state index contributed by atoms with van der Waals surface area (Å²) in [5, 5.41) is 0. The number of anilines is 2. The van der Waals surface area contributed by atoms with E-state index in [4.69, 9.17) is 10.5 Å². The number of halogens is 1. The Morgan fingerprint density at radius 3 is 2.70 bits per heavy atom. The molecule has 0 radical (unpaired) electrons. The van der Waals surface area contributed by atoms with Crippen molar-refractivity contribution in [3.63, 3.8) is 0 Å². The van der Waals surface area contributed by atoms with Crippen LogP contribution in [0, 0.1) is 19.7 Å². The van der Waals surface area contributed by atoms with Crippen LogP contribution in [0.3, 0.4) is 0 Å². The zero-order valence-corrected chi connectivity index (χ0v) is 19.2. The predicted molar refractivity (Wildman–Crippen MR) is 128 cm³/mol. The summed E-state index contributed by atoms with van der Waals surface area (Å²) in [6, 6.07) is 9.43. The van der Waals surface area contributed by atoms with Gasteiger partial charge in [-0.2, -0.15) is 4.98 Å². The smallest absolute Gasteiger partial charge is 0.222 e. The van der Waals surface area contributed by atoms with Gasteiger partial charge in [-0.15, -0.1) is 0 Å². The first-order chi connectivity index (χ1) is 15.8. The van der Waals surface area contributed by atoms with Crippen LogP contribution in [0.1, 0.15) is 42.4 Å². The molecule has 170 valence electrons. The molecule has 0 saturated heterocycles. The molecule has 0 unspecified atom stereocenters. The zero-order valence-electron chi connectivity index (χ0n) is 19.2. The average molecular weight is 447 g/mol. The van der Waals surface area contributed by atoms with Gasteiger partial charge >= 0.3 is 0 Å². The normalized spacial score (nSPS) is 13.8. The minimum atomic E-state index is -0.368. The lowest BCUT2D eigenvalue weighted by Gasteiger charge is -2.26. The molecular formula is C25H27FN6O. The molecule has 0 atom stereocenters. The number of nitrogen functional groups attached to an aromatic ring is 1. The van der Waals surface area contributed by atoms with Crippen LogP contribution in [0.2, 0.25) is 0 Å². The summed E-state index contributed by atoms with van der Waals surface area (Å²) in [4.78, 5) is 18.7. The number of nitrogens with zero attached hydrogens (tertiary/aromatic N) is 4. The Bertz CT molecular complexity index is 1360. The van der Waals surface area contributed by atoms with Crippen LogP contribution < -0.4 is 15.4 Å². The molecule has 4 aromatic rings. The fourth-order valence-corrected chi connectivity index (χ4v) is 4.64. The van der Waals surface area contributed by atoms with Crippen LogP contribution in [0.5, 0.6) is 5.75 Å². The van der Waals surface area contributed by atoms with Gasteiger partial charge in [-0.05, 0) is 55.2 Å². The monoisotopic (exact) mass is 446 g/mol.